The van der Waals surface area contributed by atoms with Crippen molar-refractivity contribution in [2.45, 2.75) is 18.3 Å². The van der Waals surface area contributed by atoms with Gasteiger partial charge in [-0.15, -0.1) is 0 Å². The first-order valence-corrected chi connectivity index (χ1v) is 5.71. The molecule has 3 rings (SSSR count). The Morgan fingerprint density at radius 3 is 2.61 bits per heavy atom. The van der Waals surface area contributed by atoms with E-state index >= 15 is 0 Å². The van der Waals surface area contributed by atoms with Crippen molar-refractivity contribution in [1.82, 2.24) is 5.16 Å². The van der Waals surface area contributed by atoms with Gasteiger partial charge in [-0.1, -0.05) is 5.16 Å². The van der Waals surface area contributed by atoms with E-state index in [9.17, 15) is 4.79 Å². The third kappa shape index (κ3) is 1.61. The summed E-state index contributed by atoms with van der Waals surface area (Å²) in [6.45, 7) is 0. The monoisotopic (exact) mass is 238 g/mol. The first kappa shape index (κ1) is 10.7. The van der Waals surface area contributed by atoms with Crippen LogP contribution in [0.25, 0.3) is 11.3 Å². The first-order valence-electron chi connectivity index (χ1n) is 5.71. The second-order valence-electron chi connectivity index (χ2n) is 4.54. The lowest BCUT2D eigenvalue weighted by atomic mass is 10.0. The summed E-state index contributed by atoms with van der Waals surface area (Å²) >= 11 is 0. The van der Waals surface area contributed by atoms with E-state index in [4.69, 9.17) is 9.78 Å². The van der Waals surface area contributed by atoms with Crippen LogP contribution >= 0.6 is 0 Å². The molecule has 2 aromatic rings. The summed E-state index contributed by atoms with van der Waals surface area (Å²) in [4.78, 5) is 11.0. The van der Waals surface area contributed by atoms with E-state index in [-0.39, 0.29) is 0 Å². The highest BCUT2D eigenvalue weighted by atomic mass is 16.5. The Morgan fingerprint density at radius 2 is 2.06 bits per heavy atom. The molecule has 0 radical (unpaired) electrons. The largest absolute Gasteiger partial charge is 0.356 e. The maximum atomic E-state index is 11.0. The van der Waals surface area contributed by atoms with E-state index in [1.807, 2.05) is 18.2 Å². The second kappa shape index (κ2) is 3.81. The van der Waals surface area contributed by atoms with Gasteiger partial charge in [-0.3, -0.25) is 0 Å². The molecule has 0 amide bonds. The fourth-order valence-corrected chi connectivity index (χ4v) is 1.92. The van der Waals surface area contributed by atoms with Crippen LogP contribution in [0.1, 0.15) is 24.1 Å². The molecule has 88 valence electrons. The Bertz CT molecular complexity index is 631. The van der Waals surface area contributed by atoms with E-state index in [2.05, 4.69) is 11.2 Å². The molecule has 0 aliphatic heterocycles. The van der Waals surface area contributed by atoms with Crippen LogP contribution in [-0.2, 0) is 10.2 Å². The Balaban J connectivity index is 1.93. The molecular weight excluding hydrogens is 228 g/mol. The lowest BCUT2D eigenvalue weighted by Gasteiger charge is -1.97. The van der Waals surface area contributed by atoms with E-state index in [0.717, 1.165) is 24.7 Å². The minimum absolute atomic E-state index is 0.408. The molecule has 4 heteroatoms. The first-order chi connectivity index (χ1) is 8.77. The third-order valence-electron chi connectivity index (χ3n) is 3.33. The number of hydrogen-bond donors (Lipinski definition) is 0. The summed E-state index contributed by atoms with van der Waals surface area (Å²) in [5.74, 6) is 0.627. The van der Waals surface area contributed by atoms with Gasteiger partial charge in [-0.25, -0.2) is 0 Å². The van der Waals surface area contributed by atoms with Crippen LogP contribution in [0.15, 0.2) is 34.9 Å². The lowest BCUT2D eigenvalue weighted by molar-refractivity contribution is -0.110. The summed E-state index contributed by atoms with van der Waals surface area (Å²) in [6.07, 6.45) is 2.64. The maximum Gasteiger partial charge on any atom is 0.167 e. The normalized spacial score (nSPS) is 15.9. The lowest BCUT2D eigenvalue weighted by Crippen LogP contribution is -2.07. The molecule has 1 aromatic carbocycles. The standard InChI is InChI=1S/C14H10N2O2/c15-8-10-1-3-11(4-2-10)12-7-13(16-18-12)14(9-17)5-6-14/h1-4,7,9H,5-6H2. The van der Waals surface area contributed by atoms with Crippen LogP contribution in [0, 0.1) is 11.3 Å². The summed E-state index contributed by atoms with van der Waals surface area (Å²) in [7, 11) is 0. The van der Waals surface area contributed by atoms with Gasteiger partial charge in [0.15, 0.2) is 5.76 Å². The van der Waals surface area contributed by atoms with Gasteiger partial charge in [0.2, 0.25) is 0 Å². The molecule has 0 N–H and O–H groups in total. The average Bonchev–Trinajstić information content (AvgIpc) is 3.08. The van der Waals surface area contributed by atoms with Gasteiger partial charge >= 0.3 is 0 Å². The summed E-state index contributed by atoms with van der Waals surface area (Å²) in [5, 5.41) is 12.7. The van der Waals surface area contributed by atoms with Crippen molar-refractivity contribution in [2.24, 2.45) is 0 Å². The van der Waals surface area contributed by atoms with Crippen LogP contribution in [0.5, 0.6) is 0 Å². The van der Waals surface area contributed by atoms with Gasteiger partial charge in [0.1, 0.15) is 6.29 Å². The van der Waals surface area contributed by atoms with E-state index in [1.54, 1.807) is 12.1 Å². The number of benzene rings is 1. The quantitative estimate of drug-likeness (QED) is 0.770. The number of nitrogens with zero attached hydrogens (tertiary/aromatic N) is 2. The fourth-order valence-electron chi connectivity index (χ4n) is 1.92. The molecule has 0 atom stereocenters. The number of rotatable bonds is 3. The fraction of sp³-hybridized carbons (Fsp3) is 0.214. The summed E-state index contributed by atoms with van der Waals surface area (Å²) < 4.78 is 5.26. The zero-order chi connectivity index (χ0) is 12.6. The van der Waals surface area contributed by atoms with Gasteiger partial charge in [-0.05, 0) is 37.1 Å². The molecule has 18 heavy (non-hydrogen) atoms. The van der Waals surface area contributed by atoms with Crippen molar-refractivity contribution in [3.8, 4) is 17.4 Å². The Labute approximate surface area is 104 Å². The van der Waals surface area contributed by atoms with E-state index in [0.29, 0.717) is 17.0 Å². The Morgan fingerprint density at radius 1 is 1.33 bits per heavy atom. The van der Waals surface area contributed by atoms with Crippen LogP contribution in [0.4, 0.5) is 0 Å². The summed E-state index contributed by atoms with van der Waals surface area (Å²) in [5.41, 5.74) is 1.75. The van der Waals surface area contributed by atoms with Gasteiger partial charge < -0.3 is 9.32 Å². The van der Waals surface area contributed by atoms with Gasteiger partial charge in [0.25, 0.3) is 0 Å². The average molecular weight is 238 g/mol. The van der Waals surface area contributed by atoms with E-state index in [1.165, 1.54) is 0 Å². The van der Waals surface area contributed by atoms with Gasteiger partial charge in [0, 0.05) is 11.6 Å². The van der Waals surface area contributed by atoms with Gasteiger partial charge in [0.05, 0.1) is 22.7 Å². The maximum absolute atomic E-state index is 11.0. The van der Waals surface area contributed by atoms with Crippen LogP contribution in [0.2, 0.25) is 0 Å². The molecule has 1 heterocycles. The van der Waals surface area contributed by atoms with Gasteiger partial charge in [-0.2, -0.15) is 5.26 Å². The SMILES string of the molecule is N#Cc1ccc(-c2cc(C3(C=O)CC3)no2)cc1. The zero-order valence-electron chi connectivity index (χ0n) is 9.59. The minimum atomic E-state index is -0.408. The predicted molar refractivity (Wildman–Crippen MR) is 63.6 cm³/mol. The number of aldehydes is 1. The van der Waals surface area contributed by atoms with Crippen molar-refractivity contribution in [3.05, 3.63) is 41.6 Å². The number of aromatic nitrogens is 1. The topological polar surface area (TPSA) is 66.9 Å². The zero-order valence-corrected chi connectivity index (χ0v) is 9.59. The highest BCUT2D eigenvalue weighted by molar-refractivity contribution is 5.73. The molecule has 1 fully saturated rings. The molecule has 0 bridgehead atoms. The Kier molecular flexibility index (Phi) is 2.27. The summed E-state index contributed by atoms with van der Waals surface area (Å²) in [6, 6.07) is 10.9. The van der Waals surface area contributed by atoms with E-state index < -0.39 is 5.41 Å². The van der Waals surface area contributed by atoms with Crippen molar-refractivity contribution in [2.75, 3.05) is 0 Å². The number of carbonyl (C=O) groups is 1. The highest BCUT2D eigenvalue weighted by Crippen LogP contribution is 2.46. The molecule has 0 saturated heterocycles. The highest BCUT2D eigenvalue weighted by Gasteiger charge is 2.47. The number of carbonyl (C=O) groups excluding carboxylic acids is 1. The van der Waals surface area contributed by atoms with Crippen molar-refractivity contribution in [3.63, 3.8) is 0 Å². The smallest absolute Gasteiger partial charge is 0.167 e. The van der Waals surface area contributed by atoms with Crippen molar-refractivity contribution in [1.29, 1.82) is 5.26 Å². The van der Waals surface area contributed by atoms with Crippen molar-refractivity contribution >= 4 is 6.29 Å². The molecular formula is C14H10N2O2. The molecule has 1 aliphatic rings. The minimum Gasteiger partial charge on any atom is -0.356 e. The molecule has 4 nitrogen and oxygen atoms in total. The predicted octanol–water partition coefficient (Wildman–Crippen LogP) is 2.44. The van der Waals surface area contributed by atoms with Crippen LogP contribution in [-0.4, -0.2) is 11.4 Å². The van der Waals surface area contributed by atoms with Crippen LogP contribution in [0.3, 0.4) is 0 Å². The number of hydrogen-bond acceptors (Lipinski definition) is 4. The molecule has 1 aliphatic carbocycles. The molecule has 0 unspecified atom stereocenters. The number of nitriles is 1. The second-order valence-corrected chi connectivity index (χ2v) is 4.54. The molecule has 1 saturated carbocycles. The van der Waals surface area contributed by atoms with Crippen LogP contribution < -0.4 is 0 Å². The van der Waals surface area contributed by atoms with Crippen molar-refractivity contribution < 1.29 is 9.32 Å². The molecule has 1 aromatic heterocycles. The Hall–Kier alpha value is -2.41. The third-order valence-corrected chi connectivity index (χ3v) is 3.33. The molecule has 0 spiro atoms.